The second kappa shape index (κ2) is 12.9. The van der Waals surface area contributed by atoms with E-state index in [2.05, 4.69) is 191 Å². The van der Waals surface area contributed by atoms with E-state index in [9.17, 15) is 0 Å². The van der Waals surface area contributed by atoms with Crippen molar-refractivity contribution >= 4 is 82.7 Å². The summed E-state index contributed by atoms with van der Waals surface area (Å²) >= 11 is 0. The predicted molar refractivity (Wildman–Crippen MR) is 241 cm³/mol. The van der Waals surface area contributed by atoms with E-state index in [0.29, 0.717) is 0 Å². The highest BCUT2D eigenvalue weighted by atomic mass is 16.3. The van der Waals surface area contributed by atoms with Crippen LogP contribution in [0.15, 0.2) is 215 Å². The van der Waals surface area contributed by atoms with Gasteiger partial charge in [-0.25, -0.2) is 0 Å². The number of hydrogen-bond acceptors (Lipinski definition) is 3. The summed E-state index contributed by atoms with van der Waals surface area (Å²) < 4.78 is 15.2. The lowest BCUT2D eigenvalue weighted by molar-refractivity contribution is 0.669. The second-order valence-electron chi connectivity index (χ2n) is 14.9. The fraction of sp³-hybridized carbons (Fsp3) is 0. The molecule has 4 nitrogen and oxygen atoms in total. The smallest absolute Gasteiger partial charge is 0.143 e. The summed E-state index contributed by atoms with van der Waals surface area (Å²) in [7, 11) is 0. The Morgan fingerprint density at radius 1 is 0.362 bits per heavy atom. The molecule has 4 heteroatoms. The van der Waals surface area contributed by atoms with Crippen molar-refractivity contribution in [2.75, 3.05) is 4.90 Å². The number of para-hydroxylation sites is 5. The van der Waals surface area contributed by atoms with Crippen molar-refractivity contribution < 1.29 is 8.83 Å². The van der Waals surface area contributed by atoms with Gasteiger partial charge in [0, 0.05) is 49.6 Å². The quantitative estimate of drug-likeness (QED) is 0.170. The Labute approximate surface area is 334 Å². The molecule has 0 saturated carbocycles. The summed E-state index contributed by atoms with van der Waals surface area (Å²) in [6, 6.07) is 73.2. The molecule has 0 aliphatic heterocycles. The first-order valence-electron chi connectivity index (χ1n) is 19.7. The molecule has 0 saturated heterocycles. The zero-order valence-corrected chi connectivity index (χ0v) is 31.3. The Bertz CT molecular complexity index is 3500. The maximum absolute atomic E-state index is 6.43. The van der Waals surface area contributed by atoms with Gasteiger partial charge in [-0.1, -0.05) is 133 Å². The number of benzene rings is 9. The summed E-state index contributed by atoms with van der Waals surface area (Å²) in [5, 5.41) is 6.91. The molecule has 12 rings (SSSR count). The van der Waals surface area contributed by atoms with Gasteiger partial charge in [0.1, 0.15) is 22.3 Å². The number of rotatable bonds is 6. The van der Waals surface area contributed by atoms with Gasteiger partial charge in [0.15, 0.2) is 0 Å². The standard InChI is InChI=1S/C54H34N2O2/c1-2-12-38(13-3-1)56-47-19-7-4-14-42(47)43-33-28-37(34-49(43)56)35-24-29-39(30-25-35)55(48-20-11-23-52-53(48)46-16-6-9-22-51(46)57-52)40-31-26-36(27-32-40)41-17-10-18-45-44-15-5-8-21-50(44)58-54(41)45/h1-34H. The average Bonchev–Trinajstić information content (AvgIpc) is 3.97. The first-order chi connectivity index (χ1) is 28.8. The molecule has 3 aromatic heterocycles. The highest BCUT2D eigenvalue weighted by Crippen LogP contribution is 2.44. The van der Waals surface area contributed by atoms with Gasteiger partial charge in [-0.05, 0) is 89.5 Å². The largest absolute Gasteiger partial charge is 0.456 e. The van der Waals surface area contributed by atoms with Gasteiger partial charge in [-0.3, -0.25) is 0 Å². The normalized spacial score (nSPS) is 11.8. The van der Waals surface area contributed by atoms with E-state index >= 15 is 0 Å². The lowest BCUT2D eigenvalue weighted by Crippen LogP contribution is -2.10. The van der Waals surface area contributed by atoms with Crippen LogP contribution in [0.5, 0.6) is 0 Å². The monoisotopic (exact) mass is 742 g/mol. The van der Waals surface area contributed by atoms with E-state index < -0.39 is 0 Å². The van der Waals surface area contributed by atoms with Gasteiger partial charge in [0.2, 0.25) is 0 Å². The highest BCUT2D eigenvalue weighted by Gasteiger charge is 2.21. The zero-order chi connectivity index (χ0) is 38.2. The Morgan fingerprint density at radius 3 is 1.74 bits per heavy atom. The van der Waals surface area contributed by atoms with E-state index in [4.69, 9.17) is 8.83 Å². The predicted octanol–water partition coefficient (Wildman–Crippen LogP) is 15.4. The first-order valence-corrected chi connectivity index (χ1v) is 19.7. The van der Waals surface area contributed by atoms with Crippen LogP contribution < -0.4 is 4.90 Å². The van der Waals surface area contributed by atoms with Crippen LogP contribution in [0.25, 0.3) is 93.6 Å². The maximum atomic E-state index is 6.43. The first kappa shape index (κ1) is 32.4. The van der Waals surface area contributed by atoms with Crippen molar-refractivity contribution in [3.05, 3.63) is 206 Å². The van der Waals surface area contributed by atoms with Gasteiger partial charge in [0.25, 0.3) is 0 Å². The fourth-order valence-electron chi connectivity index (χ4n) is 8.94. The van der Waals surface area contributed by atoms with Crippen molar-refractivity contribution in [2.24, 2.45) is 0 Å². The van der Waals surface area contributed by atoms with E-state index in [0.717, 1.165) is 88.9 Å². The number of anilines is 3. The summed E-state index contributed by atoms with van der Waals surface area (Å²) in [4.78, 5) is 2.34. The molecule has 0 aliphatic rings. The fourth-order valence-corrected chi connectivity index (χ4v) is 8.94. The third kappa shape index (κ3) is 5.02. The molecule has 0 N–H and O–H groups in total. The minimum absolute atomic E-state index is 0.857. The van der Waals surface area contributed by atoms with Crippen LogP contribution in [0.3, 0.4) is 0 Å². The Balaban J connectivity index is 0.992. The number of fused-ring (bicyclic) bond motifs is 9. The molecule has 0 fully saturated rings. The maximum Gasteiger partial charge on any atom is 0.143 e. The lowest BCUT2D eigenvalue weighted by Gasteiger charge is -2.26. The van der Waals surface area contributed by atoms with Crippen LogP contribution in [0.4, 0.5) is 17.1 Å². The van der Waals surface area contributed by atoms with Gasteiger partial charge < -0.3 is 18.3 Å². The molecule has 0 aliphatic carbocycles. The zero-order valence-electron chi connectivity index (χ0n) is 31.3. The Morgan fingerprint density at radius 2 is 0.948 bits per heavy atom. The second-order valence-corrected chi connectivity index (χ2v) is 14.9. The molecule has 272 valence electrons. The summed E-state index contributed by atoms with van der Waals surface area (Å²) in [5.74, 6) is 0. The summed E-state index contributed by atoms with van der Waals surface area (Å²) in [5.41, 5.74) is 14.7. The lowest BCUT2D eigenvalue weighted by atomic mass is 10.0. The number of hydrogen-bond donors (Lipinski definition) is 0. The minimum Gasteiger partial charge on any atom is -0.456 e. The summed E-state index contributed by atoms with van der Waals surface area (Å²) in [6.07, 6.45) is 0. The number of furan rings is 2. The molecule has 0 bridgehead atoms. The van der Waals surface area contributed by atoms with Gasteiger partial charge in [0.05, 0.1) is 22.1 Å². The van der Waals surface area contributed by atoms with Gasteiger partial charge in [-0.15, -0.1) is 0 Å². The van der Waals surface area contributed by atoms with Crippen molar-refractivity contribution in [2.45, 2.75) is 0 Å². The van der Waals surface area contributed by atoms with Crippen molar-refractivity contribution in [1.82, 2.24) is 4.57 Å². The molecule has 0 radical (unpaired) electrons. The third-order valence-electron chi connectivity index (χ3n) is 11.6. The Hall–Kier alpha value is -7.82. The Kier molecular flexibility index (Phi) is 7.20. The van der Waals surface area contributed by atoms with E-state index in [1.54, 1.807) is 0 Å². The van der Waals surface area contributed by atoms with E-state index in [1.165, 1.54) is 21.8 Å². The SMILES string of the molecule is c1ccc(-n2c3ccccc3c3ccc(-c4ccc(N(c5ccc(-c6cccc7c6oc6ccccc67)cc5)c5cccc6oc7ccccc7c56)cc4)cc32)cc1. The molecule has 12 aromatic rings. The van der Waals surface area contributed by atoms with Crippen molar-refractivity contribution in [1.29, 1.82) is 0 Å². The van der Waals surface area contributed by atoms with Crippen LogP contribution in [0, 0.1) is 0 Å². The van der Waals surface area contributed by atoms with Crippen LogP contribution in [0.2, 0.25) is 0 Å². The molecular formula is C54H34N2O2. The van der Waals surface area contributed by atoms with Gasteiger partial charge >= 0.3 is 0 Å². The highest BCUT2D eigenvalue weighted by molar-refractivity contribution is 6.14. The molecule has 9 aromatic carbocycles. The van der Waals surface area contributed by atoms with Gasteiger partial charge in [-0.2, -0.15) is 0 Å². The van der Waals surface area contributed by atoms with Crippen molar-refractivity contribution in [3.8, 4) is 27.9 Å². The molecule has 58 heavy (non-hydrogen) atoms. The topological polar surface area (TPSA) is 34.5 Å². The third-order valence-corrected chi connectivity index (χ3v) is 11.6. The number of aromatic nitrogens is 1. The van der Waals surface area contributed by atoms with E-state index in [1.807, 2.05) is 24.3 Å². The molecular weight excluding hydrogens is 709 g/mol. The van der Waals surface area contributed by atoms with Crippen LogP contribution in [-0.4, -0.2) is 4.57 Å². The van der Waals surface area contributed by atoms with Crippen LogP contribution >= 0.6 is 0 Å². The summed E-state index contributed by atoms with van der Waals surface area (Å²) in [6.45, 7) is 0. The number of nitrogens with zero attached hydrogens (tertiary/aromatic N) is 2. The van der Waals surface area contributed by atoms with Crippen molar-refractivity contribution in [3.63, 3.8) is 0 Å². The van der Waals surface area contributed by atoms with Crippen LogP contribution in [0.1, 0.15) is 0 Å². The van der Waals surface area contributed by atoms with Crippen LogP contribution in [-0.2, 0) is 0 Å². The molecule has 0 atom stereocenters. The molecule has 3 heterocycles. The average molecular weight is 743 g/mol. The molecule has 0 amide bonds. The minimum atomic E-state index is 0.857. The van der Waals surface area contributed by atoms with E-state index in [-0.39, 0.29) is 0 Å². The molecule has 0 spiro atoms. The molecule has 0 unspecified atom stereocenters.